The highest BCUT2D eigenvalue weighted by Gasteiger charge is 2.19. The smallest absolute Gasteiger partial charge is 0.244 e. The topological polar surface area (TPSA) is 62.1 Å². The third kappa shape index (κ3) is 3.98. The first kappa shape index (κ1) is 20.6. The van der Waals surface area contributed by atoms with Gasteiger partial charge in [-0.25, -0.2) is 4.39 Å². The van der Waals surface area contributed by atoms with Gasteiger partial charge in [-0.1, -0.05) is 30.3 Å². The van der Waals surface area contributed by atoms with Crippen LogP contribution in [0.1, 0.15) is 13.3 Å². The number of aryl methyl sites for hydroxylation is 1. The van der Waals surface area contributed by atoms with Crippen LogP contribution in [0, 0.1) is 5.82 Å². The van der Waals surface area contributed by atoms with Gasteiger partial charge >= 0.3 is 0 Å². The number of benzene rings is 2. The molecule has 1 saturated heterocycles. The third-order valence-electron chi connectivity index (χ3n) is 6.19. The van der Waals surface area contributed by atoms with Gasteiger partial charge in [-0.05, 0) is 38.1 Å². The van der Waals surface area contributed by atoms with Gasteiger partial charge in [-0.3, -0.25) is 4.90 Å². The van der Waals surface area contributed by atoms with E-state index in [4.69, 9.17) is 4.98 Å². The Morgan fingerprint density at radius 3 is 2.56 bits per heavy atom. The summed E-state index contributed by atoms with van der Waals surface area (Å²) in [5.74, 6) is 0.428. The van der Waals surface area contributed by atoms with E-state index >= 15 is 0 Å². The molecular formula is C24H28FN7. The summed E-state index contributed by atoms with van der Waals surface area (Å²) in [7, 11) is 0. The van der Waals surface area contributed by atoms with E-state index < -0.39 is 0 Å². The molecule has 1 N–H and O–H groups in total. The summed E-state index contributed by atoms with van der Waals surface area (Å²) in [5.41, 5.74) is 3.56. The first-order chi connectivity index (χ1) is 15.7. The summed E-state index contributed by atoms with van der Waals surface area (Å²) < 4.78 is 16.2. The molecule has 2 aromatic heterocycles. The summed E-state index contributed by atoms with van der Waals surface area (Å²) >= 11 is 0. The molecule has 0 spiro atoms. The normalized spacial score (nSPS) is 15.0. The third-order valence-corrected chi connectivity index (χ3v) is 6.19. The molecule has 5 rings (SSSR count). The van der Waals surface area contributed by atoms with Gasteiger partial charge < -0.3 is 14.8 Å². The van der Waals surface area contributed by atoms with Crippen LogP contribution >= 0.6 is 0 Å². The maximum atomic E-state index is 14.0. The number of hydrogen-bond acceptors (Lipinski definition) is 6. The Bertz CT molecular complexity index is 1210. The molecule has 32 heavy (non-hydrogen) atoms. The lowest BCUT2D eigenvalue weighted by atomic mass is 10.2. The molecule has 0 bridgehead atoms. The van der Waals surface area contributed by atoms with Gasteiger partial charge in [0.05, 0.1) is 11.2 Å². The van der Waals surface area contributed by atoms with Crippen LogP contribution in [0.15, 0.2) is 48.5 Å². The van der Waals surface area contributed by atoms with Crippen LogP contribution in [-0.4, -0.2) is 63.9 Å². The zero-order valence-electron chi connectivity index (χ0n) is 18.3. The highest BCUT2D eigenvalue weighted by molar-refractivity contribution is 6.04. The minimum Gasteiger partial charge on any atom is -0.367 e. The van der Waals surface area contributed by atoms with Crippen molar-refractivity contribution in [2.75, 3.05) is 49.5 Å². The number of nitrogens with one attached hydrogen (secondary N) is 1. The first-order valence-electron chi connectivity index (χ1n) is 11.3. The van der Waals surface area contributed by atoms with Crippen molar-refractivity contribution in [3.8, 4) is 0 Å². The van der Waals surface area contributed by atoms with Gasteiger partial charge in [-0.2, -0.15) is 4.98 Å². The maximum absolute atomic E-state index is 14.0. The molecule has 0 saturated carbocycles. The highest BCUT2D eigenvalue weighted by atomic mass is 19.1. The van der Waals surface area contributed by atoms with Gasteiger partial charge in [0.25, 0.3) is 0 Å². The number of halogens is 1. The fourth-order valence-corrected chi connectivity index (χ4v) is 4.52. The molecule has 1 fully saturated rings. The second-order valence-electron chi connectivity index (χ2n) is 8.13. The lowest BCUT2D eigenvalue weighted by Crippen LogP contribution is -2.47. The van der Waals surface area contributed by atoms with Crippen LogP contribution in [0.25, 0.3) is 22.1 Å². The largest absolute Gasteiger partial charge is 0.367 e. The first-order valence-corrected chi connectivity index (χ1v) is 11.3. The van der Waals surface area contributed by atoms with Crippen LogP contribution < -0.4 is 10.2 Å². The Balaban J connectivity index is 1.14. The fraction of sp³-hybridized carbons (Fsp3) is 0.375. The monoisotopic (exact) mass is 433 g/mol. The van der Waals surface area contributed by atoms with Crippen molar-refractivity contribution in [2.45, 2.75) is 19.9 Å². The number of piperazine rings is 1. The minimum absolute atomic E-state index is 0.141. The molecule has 0 radical (unpaired) electrons. The molecule has 0 unspecified atom stereocenters. The summed E-state index contributed by atoms with van der Waals surface area (Å²) in [4.78, 5) is 9.30. The van der Waals surface area contributed by atoms with Gasteiger partial charge in [0.15, 0.2) is 5.65 Å². The van der Waals surface area contributed by atoms with Crippen molar-refractivity contribution < 1.29 is 4.39 Å². The van der Waals surface area contributed by atoms with E-state index in [1.165, 1.54) is 6.07 Å². The van der Waals surface area contributed by atoms with Gasteiger partial charge in [0.2, 0.25) is 5.95 Å². The summed E-state index contributed by atoms with van der Waals surface area (Å²) in [6, 6.07) is 15.2. The summed E-state index contributed by atoms with van der Waals surface area (Å²) in [6.45, 7) is 8.30. The van der Waals surface area contributed by atoms with Gasteiger partial charge in [0.1, 0.15) is 11.3 Å². The molecule has 8 heteroatoms. The number of anilines is 2. The van der Waals surface area contributed by atoms with Crippen molar-refractivity contribution in [1.82, 2.24) is 24.6 Å². The lowest BCUT2D eigenvalue weighted by molar-refractivity contribution is 0.256. The molecule has 2 aromatic carbocycles. The molecule has 0 amide bonds. The molecular weight excluding hydrogens is 405 g/mol. The number of hydrogen-bond donors (Lipinski definition) is 1. The van der Waals surface area contributed by atoms with Crippen molar-refractivity contribution in [2.24, 2.45) is 0 Å². The maximum Gasteiger partial charge on any atom is 0.244 e. The number of para-hydroxylation sites is 2. The molecule has 7 nitrogen and oxygen atoms in total. The Kier molecular flexibility index (Phi) is 5.85. The SMILES string of the molecule is CCn1c2ccccc2c2nnc(NCCCN3CCN(c4ccccc4F)CC3)nc21. The predicted octanol–water partition coefficient (Wildman–Crippen LogP) is 3.76. The van der Waals surface area contributed by atoms with Crippen molar-refractivity contribution in [3.63, 3.8) is 0 Å². The Morgan fingerprint density at radius 1 is 0.969 bits per heavy atom. The van der Waals surface area contributed by atoms with Crippen LogP contribution in [0.5, 0.6) is 0 Å². The average molecular weight is 434 g/mol. The predicted molar refractivity (Wildman–Crippen MR) is 127 cm³/mol. The summed E-state index contributed by atoms with van der Waals surface area (Å²) in [5, 5.41) is 13.2. The van der Waals surface area contributed by atoms with Gasteiger partial charge in [0, 0.05) is 44.7 Å². The fourth-order valence-electron chi connectivity index (χ4n) is 4.52. The second-order valence-corrected chi connectivity index (χ2v) is 8.13. The van der Waals surface area contributed by atoms with E-state index in [0.717, 1.165) is 74.3 Å². The van der Waals surface area contributed by atoms with E-state index in [1.54, 1.807) is 6.07 Å². The van der Waals surface area contributed by atoms with E-state index in [-0.39, 0.29) is 5.82 Å². The van der Waals surface area contributed by atoms with Crippen LogP contribution in [-0.2, 0) is 6.54 Å². The van der Waals surface area contributed by atoms with Crippen molar-refractivity contribution >= 4 is 33.7 Å². The molecule has 166 valence electrons. The molecule has 0 aliphatic carbocycles. The number of aromatic nitrogens is 4. The van der Waals surface area contributed by atoms with E-state index in [2.05, 4.69) is 48.9 Å². The molecule has 0 atom stereocenters. The lowest BCUT2D eigenvalue weighted by Gasteiger charge is -2.36. The highest BCUT2D eigenvalue weighted by Crippen LogP contribution is 2.26. The standard InChI is InChI=1S/C24H28FN7/c1-2-32-20-10-5-3-8-18(20)22-23(32)27-24(29-28-22)26-12-7-13-30-14-16-31(17-15-30)21-11-6-4-9-19(21)25/h3-6,8-11H,2,7,12-17H2,1H3,(H,26,27,29). The molecule has 4 aromatic rings. The van der Waals surface area contributed by atoms with Crippen molar-refractivity contribution in [1.29, 1.82) is 0 Å². The van der Waals surface area contributed by atoms with E-state index in [1.807, 2.05) is 24.3 Å². The Hall–Kier alpha value is -3.26. The molecule has 1 aliphatic heterocycles. The van der Waals surface area contributed by atoms with E-state index in [0.29, 0.717) is 11.6 Å². The molecule has 1 aliphatic rings. The van der Waals surface area contributed by atoms with Crippen LogP contribution in [0.2, 0.25) is 0 Å². The Morgan fingerprint density at radius 2 is 1.75 bits per heavy atom. The van der Waals surface area contributed by atoms with Crippen molar-refractivity contribution in [3.05, 3.63) is 54.3 Å². The molecule has 3 heterocycles. The second kappa shape index (κ2) is 9.08. The van der Waals surface area contributed by atoms with Crippen LogP contribution in [0.3, 0.4) is 0 Å². The summed E-state index contributed by atoms with van der Waals surface area (Å²) in [6.07, 6.45) is 0.984. The quantitative estimate of drug-likeness (QED) is 0.448. The zero-order chi connectivity index (χ0) is 21.9. The van der Waals surface area contributed by atoms with E-state index in [9.17, 15) is 4.39 Å². The zero-order valence-corrected chi connectivity index (χ0v) is 18.3. The van der Waals surface area contributed by atoms with Crippen LogP contribution in [0.4, 0.5) is 16.0 Å². The number of fused-ring (bicyclic) bond motifs is 3. The average Bonchev–Trinajstić information content (AvgIpc) is 3.15. The minimum atomic E-state index is -0.141. The number of nitrogens with zero attached hydrogens (tertiary/aromatic N) is 6. The number of rotatable bonds is 7. The van der Waals surface area contributed by atoms with Gasteiger partial charge in [-0.15, -0.1) is 10.2 Å². The Labute approximate surface area is 186 Å².